The van der Waals surface area contributed by atoms with Gasteiger partial charge in [0.1, 0.15) is 6.33 Å². The molecule has 1 aromatic heterocycles. The molecule has 3 rings (SSSR count). The summed E-state index contributed by atoms with van der Waals surface area (Å²) in [6.45, 7) is 5.02. The van der Waals surface area contributed by atoms with Gasteiger partial charge in [-0.3, -0.25) is 4.79 Å². The third kappa shape index (κ3) is 5.97. The molecule has 0 aliphatic carbocycles. The van der Waals surface area contributed by atoms with Crippen molar-refractivity contribution < 1.29 is 4.79 Å². The molecule has 0 spiro atoms. The Bertz CT molecular complexity index is 686. The van der Waals surface area contributed by atoms with Crippen LogP contribution in [0.1, 0.15) is 32.6 Å². The summed E-state index contributed by atoms with van der Waals surface area (Å²) in [5.74, 6) is 1.58. The number of hydrogen-bond donors (Lipinski definition) is 2. The molecule has 26 heavy (non-hydrogen) atoms. The summed E-state index contributed by atoms with van der Waals surface area (Å²) in [6.07, 6.45) is 5.63. The number of aromatic nitrogens is 3. The van der Waals surface area contributed by atoms with Crippen LogP contribution in [0.2, 0.25) is 0 Å². The number of hydrogen-bond acceptors (Lipinski definition) is 4. The number of nitrogens with one attached hydrogen (secondary N) is 2. The maximum Gasteiger partial charge on any atom is 0.224 e. The van der Waals surface area contributed by atoms with E-state index < -0.39 is 0 Å². The summed E-state index contributed by atoms with van der Waals surface area (Å²) >= 11 is 0. The minimum absolute atomic E-state index is 0. The molecule has 2 heterocycles. The number of piperidine rings is 1. The second-order valence-electron chi connectivity index (χ2n) is 6.30. The molecule has 1 fully saturated rings. The Balaban J connectivity index is 0.00000169. The lowest BCUT2D eigenvalue weighted by Gasteiger charge is -2.22. The molecule has 2 N–H and O–H groups in total. The summed E-state index contributed by atoms with van der Waals surface area (Å²) in [6, 6.07) is 7.80. The summed E-state index contributed by atoms with van der Waals surface area (Å²) in [4.78, 5) is 12.2. The van der Waals surface area contributed by atoms with Gasteiger partial charge in [0, 0.05) is 24.2 Å². The number of rotatable bonds is 6. The van der Waals surface area contributed by atoms with Gasteiger partial charge in [-0.1, -0.05) is 12.1 Å². The van der Waals surface area contributed by atoms with Gasteiger partial charge < -0.3 is 15.2 Å². The zero-order valence-electron chi connectivity index (χ0n) is 15.0. The average molecular weight is 400 g/mol. The van der Waals surface area contributed by atoms with Crippen molar-refractivity contribution in [1.29, 1.82) is 0 Å². The van der Waals surface area contributed by atoms with E-state index in [9.17, 15) is 4.79 Å². The van der Waals surface area contributed by atoms with E-state index in [-0.39, 0.29) is 30.7 Å². The Kier molecular flexibility index (Phi) is 9.62. The van der Waals surface area contributed by atoms with Crippen LogP contribution < -0.4 is 10.6 Å². The van der Waals surface area contributed by atoms with Crippen molar-refractivity contribution in [2.24, 2.45) is 5.92 Å². The number of carbonyl (C=O) groups excluding carboxylic acids is 1. The SMILES string of the molecule is CCn1cnnc1-c1cccc(NC(=O)CCC2CCNCC2)c1.Cl.Cl. The largest absolute Gasteiger partial charge is 0.326 e. The van der Waals surface area contributed by atoms with E-state index in [1.807, 2.05) is 28.8 Å². The molecule has 6 nitrogen and oxygen atoms in total. The number of aryl methyl sites for hydroxylation is 1. The third-order valence-corrected chi connectivity index (χ3v) is 4.60. The summed E-state index contributed by atoms with van der Waals surface area (Å²) in [5.41, 5.74) is 1.78. The highest BCUT2D eigenvalue weighted by Gasteiger charge is 2.15. The molecule has 2 aromatic rings. The molecule has 1 saturated heterocycles. The smallest absolute Gasteiger partial charge is 0.224 e. The summed E-state index contributed by atoms with van der Waals surface area (Å²) in [7, 11) is 0. The predicted molar refractivity (Wildman–Crippen MR) is 109 cm³/mol. The number of carbonyl (C=O) groups is 1. The highest BCUT2D eigenvalue weighted by Crippen LogP contribution is 2.22. The Morgan fingerprint density at radius 3 is 2.81 bits per heavy atom. The maximum absolute atomic E-state index is 12.2. The van der Waals surface area contributed by atoms with Gasteiger partial charge >= 0.3 is 0 Å². The second-order valence-corrected chi connectivity index (χ2v) is 6.30. The topological polar surface area (TPSA) is 71.8 Å². The van der Waals surface area contributed by atoms with Gasteiger partial charge in [-0.05, 0) is 57.3 Å². The first kappa shape index (κ1) is 22.4. The molecule has 1 aliphatic heterocycles. The van der Waals surface area contributed by atoms with Crippen LogP contribution in [0.25, 0.3) is 11.4 Å². The first-order valence-corrected chi connectivity index (χ1v) is 8.75. The van der Waals surface area contributed by atoms with Crippen molar-refractivity contribution in [1.82, 2.24) is 20.1 Å². The van der Waals surface area contributed by atoms with Crippen LogP contribution in [0.4, 0.5) is 5.69 Å². The van der Waals surface area contributed by atoms with Crippen molar-refractivity contribution in [2.75, 3.05) is 18.4 Å². The van der Waals surface area contributed by atoms with E-state index in [0.717, 1.165) is 43.1 Å². The first-order valence-electron chi connectivity index (χ1n) is 8.75. The van der Waals surface area contributed by atoms with E-state index in [1.54, 1.807) is 6.33 Å². The van der Waals surface area contributed by atoms with Crippen LogP contribution in [0, 0.1) is 5.92 Å². The summed E-state index contributed by atoms with van der Waals surface area (Å²) < 4.78 is 1.98. The minimum atomic E-state index is 0. The zero-order chi connectivity index (χ0) is 16.8. The lowest BCUT2D eigenvalue weighted by atomic mass is 9.93. The minimum Gasteiger partial charge on any atom is -0.326 e. The van der Waals surface area contributed by atoms with Gasteiger partial charge in [0.15, 0.2) is 5.82 Å². The molecular formula is C18H27Cl2N5O. The molecule has 0 unspecified atom stereocenters. The van der Waals surface area contributed by atoms with Crippen LogP contribution in [-0.4, -0.2) is 33.8 Å². The fraction of sp³-hybridized carbons (Fsp3) is 0.500. The Hall–Kier alpha value is -1.63. The third-order valence-electron chi connectivity index (χ3n) is 4.60. The predicted octanol–water partition coefficient (Wildman–Crippen LogP) is 3.53. The Labute approximate surface area is 167 Å². The van der Waals surface area contributed by atoms with Crippen LogP contribution in [0.5, 0.6) is 0 Å². The average Bonchev–Trinajstić information content (AvgIpc) is 3.10. The fourth-order valence-electron chi connectivity index (χ4n) is 3.18. The Morgan fingerprint density at radius 2 is 2.08 bits per heavy atom. The molecule has 0 atom stereocenters. The standard InChI is InChI=1S/C18H25N5O.2ClH/c1-2-23-13-20-22-18(23)15-4-3-5-16(12-15)21-17(24)7-6-14-8-10-19-11-9-14;;/h3-5,12-14,19H,2,6-11H2,1H3,(H,21,24);2*1H. The van der Waals surface area contributed by atoms with Crippen LogP contribution in [-0.2, 0) is 11.3 Å². The van der Waals surface area contributed by atoms with Crippen molar-refractivity contribution in [2.45, 2.75) is 39.2 Å². The molecular weight excluding hydrogens is 373 g/mol. The fourth-order valence-corrected chi connectivity index (χ4v) is 3.18. The van der Waals surface area contributed by atoms with E-state index >= 15 is 0 Å². The van der Waals surface area contributed by atoms with Crippen molar-refractivity contribution in [3.05, 3.63) is 30.6 Å². The van der Waals surface area contributed by atoms with E-state index in [0.29, 0.717) is 12.3 Å². The zero-order valence-corrected chi connectivity index (χ0v) is 16.6. The van der Waals surface area contributed by atoms with Gasteiger partial charge in [0.2, 0.25) is 5.91 Å². The lowest BCUT2D eigenvalue weighted by Crippen LogP contribution is -2.28. The van der Waals surface area contributed by atoms with E-state index in [4.69, 9.17) is 0 Å². The van der Waals surface area contributed by atoms with E-state index in [2.05, 4.69) is 27.8 Å². The van der Waals surface area contributed by atoms with Gasteiger partial charge in [0.05, 0.1) is 0 Å². The molecule has 1 aromatic carbocycles. The van der Waals surface area contributed by atoms with Crippen LogP contribution in [0.15, 0.2) is 30.6 Å². The molecule has 8 heteroatoms. The maximum atomic E-state index is 12.2. The monoisotopic (exact) mass is 399 g/mol. The molecule has 1 amide bonds. The number of benzene rings is 1. The number of halogens is 2. The van der Waals surface area contributed by atoms with Crippen molar-refractivity contribution >= 4 is 36.4 Å². The molecule has 0 saturated carbocycles. The van der Waals surface area contributed by atoms with Crippen LogP contribution >= 0.6 is 24.8 Å². The molecule has 0 radical (unpaired) electrons. The van der Waals surface area contributed by atoms with Gasteiger partial charge in [-0.25, -0.2) is 0 Å². The van der Waals surface area contributed by atoms with Crippen molar-refractivity contribution in [3.63, 3.8) is 0 Å². The number of nitrogens with zero attached hydrogens (tertiary/aromatic N) is 3. The number of anilines is 1. The highest BCUT2D eigenvalue weighted by atomic mass is 35.5. The number of amides is 1. The molecule has 0 bridgehead atoms. The first-order chi connectivity index (χ1) is 11.8. The molecule has 1 aliphatic rings. The van der Waals surface area contributed by atoms with Gasteiger partial charge in [-0.2, -0.15) is 0 Å². The van der Waals surface area contributed by atoms with Gasteiger partial charge in [0.25, 0.3) is 0 Å². The van der Waals surface area contributed by atoms with Gasteiger partial charge in [-0.15, -0.1) is 35.0 Å². The second kappa shape index (κ2) is 11.2. The normalized spacial score (nSPS) is 14.2. The van der Waals surface area contributed by atoms with E-state index in [1.165, 1.54) is 12.8 Å². The summed E-state index contributed by atoms with van der Waals surface area (Å²) in [5, 5.41) is 14.5. The quantitative estimate of drug-likeness (QED) is 0.778. The lowest BCUT2D eigenvalue weighted by molar-refractivity contribution is -0.116. The molecule has 144 valence electrons. The Morgan fingerprint density at radius 1 is 1.31 bits per heavy atom. The van der Waals surface area contributed by atoms with Crippen molar-refractivity contribution in [3.8, 4) is 11.4 Å². The van der Waals surface area contributed by atoms with Crippen LogP contribution in [0.3, 0.4) is 0 Å². The highest BCUT2D eigenvalue weighted by molar-refractivity contribution is 5.91.